The van der Waals surface area contributed by atoms with Crippen molar-refractivity contribution in [1.29, 1.82) is 0 Å². The SMILES string of the molecule is CSC[C@@H]1CN(C(=O)c2cncc(N)c2)CCN1C(c1ccccc1)c1cccc(C)c1. The molecule has 2 atom stereocenters. The van der Waals surface area contributed by atoms with Crippen LogP contribution in [0, 0.1) is 6.92 Å². The molecule has 4 rings (SSSR count). The number of pyridine rings is 1. The van der Waals surface area contributed by atoms with E-state index in [4.69, 9.17) is 5.73 Å². The average Bonchev–Trinajstić information content (AvgIpc) is 2.81. The highest BCUT2D eigenvalue weighted by Crippen LogP contribution is 2.33. The van der Waals surface area contributed by atoms with Crippen molar-refractivity contribution in [1.82, 2.24) is 14.8 Å². The number of aromatic nitrogens is 1. The van der Waals surface area contributed by atoms with Gasteiger partial charge in [-0.3, -0.25) is 14.7 Å². The summed E-state index contributed by atoms with van der Waals surface area (Å²) >= 11 is 1.82. The molecule has 2 heterocycles. The van der Waals surface area contributed by atoms with Crippen molar-refractivity contribution in [3.05, 3.63) is 95.3 Å². The standard InChI is InChI=1S/C26H30N4OS/c1-19-7-6-10-21(13-19)25(20-8-4-3-5-9-20)30-12-11-29(17-24(30)18-32-2)26(31)22-14-23(27)16-28-15-22/h3-10,13-16,24-25H,11-12,17-18,27H2,1-2H3/t24-,25?/m0/s1. The topological polar surface area (TPSA) is 62.5 Å². The number of aryl methyl sites for hydroxylation is 1. The molecule has 6 heteroatoms. The zero-order chi connectivity index (χ0) is 22.5. The van der Waals surface area contributed by atoms with E-state index >= 15 is 0 Å². The summed E-state index contributed by atoms with van der Waals surface area (Å²) in [5.41, 5.74) is 10.8. The van der Waals surface area contributed by atoms with Gasteiger partial charge in [0.25, 0.3) is 5.91 Å². The number of nitrogens with two attached hydrogens (primary N) is 1. The zero-order valence-electron chi connectivity index (χ0n) is 18.6. The van der Waals surface area contributed by atoms with Gasteiger partial charge in [-0.25, -0.2) is 0 Å². The van der Waals surface area contributed by atoms with Gasteiger partial charge in [-0.15, -0.1) is 0 Å². The predicted molar refractivity (Wildman–Crippen MR) is 133 cm³/mol. The van der Waals surface area contributed by atoms with Crippen molar-refractivity contribution in [2.75, 3.05) is 37.4 Å². The Balaban J connectivity index is 1.64. The van der Waals surface area contributed by atoms with Crippen molar-refractivity contribution in [2.45, 2.75) is 19.0 Å². The van der Waals surface area contributed by atoms with Crippen LogP contribution >= 0.6 is 11.8 Å². The van der Waals surface area contributed by atoms with Crippen molar-refractivity contribution < 1.29 is 4.79 Å². The van der Waals surface area contributed by atoms with Gasteiger partial charge in [0.1, 0.15) is 0 Å². The number of rotatable bonds is 6. The molecule has 32 heavy (non-hydrogen) atoms. The highest BCUT2D eigenvalue weighted by atomic mass is 32.2. The third kappa shape index (κ3) is 4.97. The van der Waals surface area contributed by atoms with Crippen LogP contribution in [0.2, 0.25) is 0 Å². The molecule has 1 aliphatic heterocycles. The second kappa shape index (κ2) is 10.2. The Morgan fingerprint density at radius 3 is 2.59 bits per heavy atom. The lowest BCUT2D eigenvalue weighted by Crippen LogP contribution is -2.56. The molecule has 0 aliphatic carbocycles. The normalized spacial score (nSPS) is 17.8. The molecule has 0 bridgehead atoms. The Labute approximate surface area is 194 Å². The van der Waals surface area contributed by atoms with Gasteiger partial charge in [0.2, 0.25) is 0 Å². The Bertz CT molecular complexity index is 1060. The van der Waals surface area contributed by atoms with Crippen LogP contribution in [0.5, 0.6) is 0 Å². The third-order valence-corrected chi connectivity index (χ3v) is 6.70. The zero-order valence-corrected chi connectivity index (χ0v) is 19.5. The monoisotopic (exact) mass is 446 g/mol. The van der Waals surface area contributed by atoms with Crippen LogP contribution in [-0.2, 0) is 0 Å². The molecule has 2 aromatic carbocycles. The predicted octanol–water partition coefficient (Wildman–Crippen LogP) is 4.25. The number of carbonyl (C=O) groups is 1. The van der Waals surface area contributed by atoms with Crippen LogP contribution < -0.4 is 5.73 Å². The summed E-state index contributed by atoms with van der Waals surface area (Å²) in [4.78, 5) is 21.8. The highest BCUT2D eigenvalue weighted by Gasteiger charge is 2.35. The molecule has 0 saturated carbocycles. The molecule has 0 spiro atoms. The molecule has 1 fully saturated rings. The van der Waals surface area contributed by atoms with E-state index in [0.717, 1.165) is 12.3 Å². The van der Waals surface area contributed by atoms with Gasteiger partial charge >= 0.3 is 0 Å². The van der Waals surface area contributed by atoms with E-state index in [0.29, 0.717) is 24.3 Å². The summed E-state index contributed by atoms with van der Waals surface area (Å²) in [6.45, 7) is 4.30. The molecule has 1 unspecified atom stereocenters. The molecule has 2 N–H and O–H groups in total. The average molecular weight is 447 g/mol. The number of carbonyl (C=O) groups excluding carboxylic acids is 1. The van der Waals surface area contributed by atoms with Gasteiger partial charge in [-0.1, -0.05) is 60.2 Å². The van der Waals surface area contributed by atoms with E-state index < -0.39 is 0 Å². The fourth-order valence-electron chi connectivity index (χ4n) is 4.54. The summed E-state index contributed by atoms with van der Waals surface area (Å²) in [5.74, 6) is 0.955. The summed E-state index contributed by atoms with van der Waals surface area (Å²) < 4.78 is 0. The van der Waals surface area contributed by atoms with E-state index in [2.05, 4.69) is 77.7 Å². The summed E-state index contributed by atoms with van der Waals surface area (Å²) in [5, 5.41) is 0. The lowest BCUT2D eigenvalue weighted by Gasteiger charge is -2.45. The fourth-order valence-corrected chi connectivity index (χ4v) is 5.22. The molecule has 1 amide bonds. The first-order valence-corrected chi connectivity index (χ1v) is 12.3. The minimum Gasteiger partial charge on any atom is -0.397 e. The van der Waals surface area contributed by atoms with E-state index in [1.165, 1.54) is 16.7 Å². The molecule has 1 saturated heterocycles. The maximum absolute atomic E-state index is 13.2. The number of hydrogen-bond donors (Lipinski definition) is 1. The van der Waals surface area contributed by atoms with E-state index in [1.54, 1.807) is 18.5 Å². The van der Waals surface area contributed by atoms with Crippen LogP contribution in [-0.4, -0.2) is 58.4 Å². The van der Waals surface area contributed by atoms with E-state index in [9.17, 15) is 4.79 Å². The molecule has 1 aliphatic rings. The van der Waals surface area contributed by atoms with Crippen LogP contribution in [0.1, 0.15) is 33.1 Å². The van der Waals surface area contributed by atoms with Crippen LogP contribution in [0.4, 0.5) is 5.69 Å². The van der Waals surface area contributed by atoms with Crippen LogP contribution in [0.3, 0.4) is 0 Å². The number of hydrogen-bond acceptors (Lipinski definition) is 5. The van der Waals surface area contributed by atoms with Gasteiger partial charge in [-0.2, -0.15) is 11.8 Å². The Hall–Kier alpha value is -2.83. The molecular formula is C26H30N4OS. The summed E-state index contributed by atoms with van der Waals surface area (Å²) in [6.07, 6.45) is 5.30. The number of piperazine rings is 1. The second-order valence-electron chi connectivity index (χ2n) is 8.33. The molecule has 1 aromatic heterocycles. The first-order valence-electron chi connectivity index (χ1n) is 10.9. The van der Waals surface area contributed by atoms with Gasteiger partial charge in [0.05, 0.1) is 17.3 Å². The molecule has 5 nitrogen and oxygen atoms in total. The van der Waals surface area contributed by atoms with E-state index in [1.807, 2.05) is 16.7 Å². The number of amides is 1. The Morgan fingerprint density at radius 1 is 1.09 bits per heavy atom. The van der Waals surface area contributed by atoms with Crippen molar-refractivity contribution in [3.8, 4) is 0 Å². The third-order valence-electron chi connectivity index (χ3n) is 5.99. The minimum absolute atomic E-state index is 0.00219. The summed E-state index contributed by atoms with van der Waals surface area (Å²) in [7, 11) is 0. The minimum atomic E-state index is 0.00219. The van der Waals surface area contributed by atoms with Gasteiger partial charge in [-0.05, 0) is 30.4 Å². The number of nitrogen functional groups attached to an aromatic ring is 1. The molecular weight excluding hydrogens is 416 g/mol. The first kappa shape index (κ1) is 22.4. The molecule has 3 aromatic rings. The number of thioether (sulfide) groups is 1. The van der Waals surface area contributed by atoms with Crippen LogP contribution in [0.15, 0.2) is 73.1 Å². The van der Waals surface area contributed by atoms with Crippen molar-refractivity contribution in [3.63, 3.8) is 0 Å². The number of nitrogens with zero attached hydrogens (tertiary/aromatic N) is 3. The largest absolute Gasteiger partial charge is 0.397 e. The Morgan fingerprint density at radius 2 is 1.88 bits per heavy atom. The summed E-state index contributed by atoms with van der Waals surface area (Å²) in [6, 6.07) is 21.6. The van der Waals surface area contributed by atoms with Crippen molar-refractivity contribution >= 4 is 23.4 Å². The van der Waals surface area contributed by atoms with Gasteiger partial charge in [0, 0.05) is 43.8 Å². The van der Waals surface area contributed by atoms with Gasteiger partial charge < -0.3 is 10.6 Å². The Kier molecular flexibility index (Phi) is 7.12. The van der Waals surface area contributed by atoms with Crippen molar-refractivity contribution in [2.24, 2.45) is 0 Å². The number of anilines is 1. The second-order valence-corrected chi connectivity index (χ2v) is 9.24. The van der Waals surface area contributed by atoms with E-state index in [-0.39, 0.29) is 18.0 Å². The maximum Gasteiger partial charge on any atom is 0.255 e. The smallest absolute Gasteiger partial charge is 0.255 e. The fraction of sp³-hybridized carbons (Fsp3) is 0.308. The lowest BCUT2D eigenvalue weighted by atomic mass is 9.93. The van der Waals surface area contributed by atoms with Crippen LogP contribution in [0.25, 0.3) is 0 Å². The number of benzene rings is 2. The molecule has 0 radical (unpaired) electrons. The molecule has 166 valence electrons. The first-order chi connectivity index (χ1) is 15.6. The lowest BCUT2D eigenvalue weighted by molar-refractivity contribution is 0.0439. The quantitative estimate of drug-likeness (QED) is 0.613. The highest BCUT2D eigenvalue weighted by molar-refractivity contribution is 7.98. The maximum atomic E-state index is 13.2. The van der Waals surface area contributed by atoms with Gasteiger partial charge in [0.15, 0.2) is 0 Å².